The van der Waals surface area contributed by atoms with Gasteiger partial charge in [-0.05, 0) is 51.7 Å². The first kappa shape index (κ1) is 15.8. The molecular formula is C16H25N3O2. The first-order valence-corrected chi connectivity index (χ1v) is 7.52. The third-order valence-corrected chi connectivity index (χ3v) is 3.59. The molecule has 1 aromatic rings. The molecule has 1 aromatic carbocycles. The van der Waals surface area contributed by atoms with E-state index in [9.17, 15) is 4.79 Å². The normalized spacial score (nSPS) is 18.6. The van der Waals surface area contributed by atoms with Crippen molar-refractivity contribution in [3.8, 4) is 5.75 Å². The molecule has 0 aromatic heterocycles. The number of hydrogen-bond acceptors (Lipinski definition) is 4. The van der Waals surface area contributed by atoms with Crippen LogP contribution in [0.15, 0.2) is 24.3 Å². The predicted octanol–water partition coefficient (Wildman–Crippen LogP) is 1.47. The molecule has 116 valence electrons. The maximum Gasteiger partial charge on any atom is 0.238 e. The summed E-state index contributed by atoms with van der Waals surface area (Å²) in [5.41, 5.74) is 1.11. The average molecular weight is 291 g/mol. The first-order valence-electron chi connectivity index (χ1n) is 7.52. The fraction of sp³-hybridized carbons (Fsp3) is 0.562. The van der Waals surface area contributed by atoms with Gasteiger partial charge in [0.15, 0.2) is 0 Å². The van der Waals surface area contributed by atoms with E-state index >= 15 is 0 Å². The second-order valence-corrected chi connectivity index (χ2v) is 5.53. The molecule has 1 unspecified atom stereocenters. The molecule has 0 spiro atoms. The SMILES string of the molecule is CCOc1ccc(C2NCC(=O)N2CCCN(C)C)cc1. The van der Waals surface area contributed by atoms with Crippen molar-refractivity contribution in [3.63, 3.8) is 0 Å². The van der Waals surface area contributed by atoms with Crippen LogP contribution < -0.4 is 10.1 Å². The van der Waals surface area contributed by atoms with Gasteiger partial charge in [-0.3, -0.25) is 10.1 Å². The van der Waals surface area contributed by atoms with Gasteiger partial charge in [-0.15, -0.1) is 0 Å². The molecule has 21 heavy (non-hydrogen) atoms. The van der Waals surface area contributed by atoms with Crippen molar-refractivity contribution in [1.82, 2.24) is 15.1 Å². The second-order valence-electron chi connectivity index (χ2n) is 5.53. The fourth-order valence-corrected chi connectivity index (χ4v) is 2.56. The number of carbonyl (C=O) groups excluding carboxylic acids is 1. The summed E-state index contributed by atoms with van der Waals surface area (Å²) in [6, 6.07) is 7.98. The summed E-state index contributed by atoms with van der Waals surface area (Å²) in [5.74, 6) is 1.04. The Morgan fingerprint density at radius 3 is 2.67 bits per heavy atom. The predicted molar refractivity (Wildman–Crippen MR) is 83.2 cm³/mol. The lowest BCUT2D eigenvalue weighted by Crippen LogP contribution is -2.32. The Morgan fingerprint density at radius 1 is 1.33 bits per heavy atom. The second kappa shape index (κ2) is 7.43. The molecule has 0 aliphatic carbocycles. The molecule has 1 aliphatic rings. The topological polar surface area (TPSA) is 44.8 Å². The highest BCUT2D eigenvalue weighted by molar-refractivity contribution is 5.80. The zero-order chi connectivity index (χ0) is 15.2. The van der Waals surface area contributed by atoms with Crippen LogP contribution in [0.4, 0.5) is 0 Å². The molecule has 5 heteroatoms. The van der Waals surface area contributed by atoms with Crippen molar-refractivity contribution in [2.45, 2.75) is 19.5 Å². The molecular weight excluding hydrogens is 266 g/mol. The summed E-state index contributed by atoms with van der Waals surface area (Å²) in [6.45, 7) is 4.81. The number of hydrogen-bond donors (Lipinski definition) is 1. The highest BCUT2D eigenvalue weighted by Gasteiger charge is 2.30. The summed E-state index contributed by atoms with van der Waals surface area (Å²) < 4.78 is 5.46. The van der Waals surface area contributed by atoms with Gasteiger partial charge in [0.2, 0.25) is 5.91 Å². The quantitative estimate of drug-likeness (QED) is 0.826. The van der Waals surface area contributed by atoms with Crippen LogP contribution in [0.5, 0.6) is 5.75 Å². The first-order chi connectivity index (χ1) is 10.1. The molecule has 1 heterocycles. The molecule has 5 nitrogen and oxygen atoms in total. The van der Waals surface area contributed by atoms with Crippen molar-refractivity contribution in [2.75, 3.05) is 40.3 Å². The summed E-state index contributed by atoms with van der Waals surface area (Å²) in [5, 5.41) is 3.28. The van der Waals surface area contributed by atoms with Gasteiger partial charge in [-0.25, -0.2) is 0 Å². The summed E-state index contributed by atoms with van der Waals surface area (Å²) in [7, 11) is 4.10. The summed E-state index contributed by atoms with van der Waals surface area (Å²) >= 11 is 0. The Kier molecular flexibility index (Phi) is 5.59. The van der Waals surface area contributed by atoms with Crippen LogP contribution in [0.3, 0.4) is 0 Å². The maximum atomic E-state index is 12.0. The maximum absolute atomic E-state index is 12.0. The van der Waals surface area contributed by atoms with Crippen molar-refractivity contribution in [2.24, 2.45) is 0 Å². The number of ether oxygens (including phenoxy) is 1. The van der Waals surface area contributed by atoms with E-state index in [0.717, 1.165) is 30.8 Å². The lowest BCUT2D eigenvalue weighted by atomic mass is 10.1. The summed E-state index contributed by atoms with van der Waals surface area (Å²) in [6.07, 6.45) is 0.962. The van der Waals surface area contributed by atoms with E-state index in [1.54, 1.807) is 0 Å². The number of nitrogens with zero attached hydrogens (tertiary/aromatic N) is 2. The zero-order valence-electron chi connectivity index (χ0n) is 13.1. The number of nitrogens with one attached hydrogen (secondary N) is 1. The van der Waals surface area contributed by atoms with Crippen LogP contribution in [0.1, 0.15) is 25.1 Å². The van der Waals surface area contributed by atoms with Crippen molar-refractivity contribution < 1.29 is 9.53 Å². The Balaban J connectivity index is 2.00. The standard InChI is InChI=1S/C16H25N3O2/c1-4-21-14-8-6-13(7-9-14)16-17-12-15(20)19(16)11-5-10-18(2)3/h6-9,16-17H,4-5,10-12H2,1-3H3. The number of carbonyl (C=O) groups is 1. The third kappa shape index (κ3) is 4.19. The van der Waals surface area contributed by atoms with Gasteiger partial charge in [0, 0.05) is 6.54 Å². The fourth-order valence-electron chi connectivity index (χ4n) is 2.56. The van der Waals surface area contributed by atoms with Gasteiger partial charge in [0.05, 0.1) is 13.2 Å². The molecule has 1 amide bonds. The van der Waals surface area contributed by atoms with Crippen molar-refractivity contribution in [1.29, 1.82) is 0 Å². The Morgan fingerprint density at radius 2 is 2.05 bits per heavy atom. The van der Waals surface area contributed by atoms with E-state index in [0.29, 0.717) is 13.2 Å². The molecule has 1 fully saturated rings. The van der Waals surface area contributed by atoms with Crippen LogP contribution in [-0.2, 0) is 4.79 Å². The molecule has 0 bridgehead atoms. The average Bonchev–Trinajstić information content (AvgIpc) is 2.81. The smallest absolute Gasteiger partial charge is 0.238 e. The minimum atomic E-state index is -0.0182. The Hall–Kier alpha value is -1.59. The number of rotatable bonds is 7. The highest BCUT2D eigenvalue weighted by Crippen LogP contribution is 2.24. The lowest BCUT2D eigenvalue weighted by Gasteiger charge is -2.25. The molecule has 1 N–H and O–H groups in total. The molecule has 0 saturated carbocycles. The van der Waals surface area contributed by atoms with E-state index in [2.05, 4.69) is 10.2 Å². The van der Waals surface area contributed by atoms with Gasteiger partial charge in [-0.2, -0.15) is 0 Å². The largest absolute Gasteiger partial charge is 0.494 e. The van der Waals surface area contributed by atoms with Crippen LogP contribution in [-0.4, -0.2) is 56.0 Å². The minimum absolute atomic E-state index is 0.0182. The van der Waals surface area contributed by atoms with E-state index in [4.69, 9.17) is 4.74 Å². The molecule has 0 radical (unpaired) electrons. The van der Waals surface area contributed by atoms with Crippen LogP contribution in [0, 0.1) is 0 Å². The van der Waals surface area contributed by atoms with Crippen LogP contribution in [0.25, 0.3) is 0 Å². The molecule has 2 rings (SSSR count). The Bertz CT molecular complexity index is 459. The van der Waals surface area contributed by atoms with Gasteiger partial charge in [0.1, 0.15) is 11.9 Å². The van der Waals surface area contributed by atoms with E-state index < -0.39 is 0 Å². The van der Waals surface area contributed by atoms with E-state index in [1.807, 2.05) is 50.2 Å². The third-order valence-electron chi connectivity index (χ3n) is 3.59. The molecule has 1 atom stereocenters. The Labute approximate surface area is 126 Å². The molecule has 1 aliphatic heterocycles. The zero-order valence-corrected chi connectivity index (χ0v) is 13.1. The van der Waals surface area contributed by atoms with Crippen molar-refractivity contribution in [3.05, 3.63) is 29.8 Å². The minimum Gasteiger partial charge on any atom is -0.494 e. The van der Waals surface area contributed by atoms with Gasteiger partial charge >= 0.3 is 0 Å². The summed E-state index contributed by atoms with van der Waals surface area (Å²) in [4.78, 5) is 16.1. The van der Waals surface area contributed by atoms with Crippen LogP contribution in [0.2, 0.25) is 0 Å². The van der Waals surface area contributed by atoms with Crippen LogP contribution >= 0.6 is 0 Å². The monoisotopic (exact) mass is 291 g/mol. The lowest BCUT2D eigenvalue weighted by molar-refractivity contribution is -0.128. The molecule has 1 saturated heterocycles. The van der Waals surface area contributed by atoms with E-state index in [-0.39, 0.29) is 12.1 Å². The van der Waals surface area contributed by atoms with E-state index in [1.165, 1.54) is 0 Å². The number of benzene rings is 1. The van der Waals surface area contributed by atoms with Gasteiger partial charge in [-0.1, -0.05) is 12.1 Å². The number of amides is 1. The van der Waals surface area contributed by atoms with Gasteiger partial charge < -0.3 is 14.5 Å². The highest BCUT2D eigenvalue weighted by atomic mass is 16.5. The van der Waals surface area contributed by atoms with Gasteiger partial charge in [0.25, 0.3) is 0 Å². The van der Waals surface area contributed by atoms with Crippen molar-refractivity contribution >= 4 is 5.91 Å².